The molecule has 0 N–H and O–H groups in total. The summed E-state index contributed by atoms with van der Waals surface area (Å²) in [6.07, 6.45) is 0. The predicted molar refractivity (Wildman–Crippen MR) is 234 cm³/mol. The van der Waals surface area contributed by atoms with E-state index in [1.54, 1.807) is 0 Å². The van der Waals surface area contributed by atoms with Crippen molar-refractivity contribution in [2.24, 2.45) is 0 Å². The van der Waals surface area contributed by atoms with E-state index in [1.807, 2.05) is 24.3 Å². The van der Waals surface area contributed by atoms with Crippen LogP contribution in [0, 0.1) is 0 Å². The zero-order valence-electron chi connectivity index (χ0n) is 30.1. The Morgan fingerprint density at radius 1 is 0.339 bits per heavy atom. The van der Waals surface area contributed by atoms with Gasteiger partial charge in [0.2, 0.25) is 0 Å². The van der Waals surface area contributed by atoms with Gasteiger partial charge in [-0.25, -0.2) is 9.97 Å². The van der Waals surface area contributed by atoms with E-state index in [0.717, 1.165) is 39.2 Å². The molecule has 4 heterocycles. The Labute approximate surface area is 320 Å². The fourth-order valence-electron chi connectivity index (χ4n) is 9.56. The number of rotatable bonds is 3. The molecular weight excluding hydrogens is 681 g/mol. The van der Waals surface area contributed by atoms with Crippen molar-refractivity contribution in [3.8, 4) is 28.2 Å². The Bertz CT molecular complexity index is 3760. The van der Waals surface area contributed by atoms with Gasteiger partial charge in [0, 0.05) is 54.5 Å². The zero-order chi connectivity index (χ0) is 36.5. The number of aromatic nitrogens is 4. The molecule has 56 heavy (non-hydrogen) atoms. The monoisotopic (exact) mass is 710 g/mol. The van der Waals surface area contributed by atoms with Gasteiger partial charge >= 0.3 is 0 Å². The first-order valence-corrected chi connectivity index (χ1v) is 19.2. The van der Waals surface area contributed by atoms with E-state index in [9.17, 15) is 0 Å². The average Bonchev–Trinajstić information content (AvgIpc) is 3.91. The standard InChI is InChI=1S/C52H30N4/c1-2-12-34-30-35(21-20-31(34)10-1)50-49(53-42-17-6-7-18-43(42)54-50)33-22-25-36(26-23-33)55-45-28-29-46-47(48(45)41-27-24-32-11-3-4-13-37(32)51(41)55)40-16-9-15-39-38-14-5-8-19-44(38)56(46)52(39)40/h1-30H. The molecule has 9 aromatic carbocycles. The van der Waals surface area contributed by atoms with E-state index in [2.05, 4.69) is 167 Å². The van der Waals surface area contributed by atoms with Crippen molar-refractivity contribution in [1.29, 1.82) is 0 Å². The van der Waals surface area contributed by atoms with Crippen LogP contribution in [0.15, 0.2) is 182 Å². The van der Waals surface area contributed by atoms with Crippen LogP contribution in [0.5, 0.6) is 0 Å². The van der Waals surface area contributed by atoms with Gasteiger partial charge in [-0.1, -0.05) is 133 Å². The summed E-state index contributed by atoms with van der Waals surface area (Å²) in [6, 6.07) is 65.8. The molecule has 0 radical (unpaired) electrons. The molecule has 0 unspecified atom stereocenters. The smallest absolute Gasteiger partial charge is 0.0973 e. The van der Waals surface area contributed by atoms with Crippen molar-refractivity contribution < 1.29 is 0 Å². The van der Waals surface area contributed by atoms with Crippen LogP contribution in [0.3, 0.4) is 0 Å². The average molecular weight is 711 g/mol. The van der Waals surface area contributed by atoms with E-state index < -0.39 is 0 Å². The highest BCUT2D eigenvalue weighted by Gasteiger charge is 2.23. The Kier molecular flexibility index (Phi) is 5.86. The van der Waals surface area contributed by atoms with Crippen molar-refractivity contribution >= 4 is 92.5 Å². The van der Waals surface area contributed by atoms with Gasteiger partial charge in [0.1, 0.15) is 0 Å². The summed E-state index contributed by atoms with van der Waals surface area (Å²) in [5, 5.41) is 12.6. The van der Waals surface area contributed by atoms with Gasteiger partial charge in [0.25, 0.3) is 0 Å². The highest BCUT2D eigenvalue weighted by atomic mass is 15.0. The number of hydrogen-bond donors (Lipinski definition) is 0. The fraction of sp³-hybridized carbons (Fsp3) is 0. The lowest BCUT2D eigenvalue weighted by Gasteiger charge is -2.13. The van der Waals surface area contributed by atoms with Crippen LogP contribution in [0.25, 0.3) is 121 Å². The highest BCUT2D eigenvalue weighted by Crippen LogP contribution is 2.46. The molecule has 0 saturated carbocycles. The first-order valence-electron chi connectivity index (χ1n) is 19.2. The quantitative estimate of drug-likeness (QED) is 0.183. The second kappa shape index (κ2) is 11.0. The molecular formula is C52H30N4. The third-order valence-electron chi connectivity index (χ3n) is 12.0. The number of hydrogen-bond acceptors (Lipinski definition) is 2. The molecule has 0 aliphatic heterocycles. The molecule has 0 saturated heterocycles. The summed E-state index contributed by atoms with van der Waals surface area (Å²) in [5.41, 5.74) is 12.9. The van der Waals surface area contributed by atoms with Gasteiger partial charge in [-0.2, -0.15) is 0 Å². The molecule has 0 amide bonds. The van der Waals surface area contributed by atoms with Crippen LogP contribution < -0.4 is 0 Å². The third-order valence-corrected chi connectivity index (χ3v) is 12.0. The second-order valence-electron chi connectivity index (χ2n) is 14.9. The van der Waals surface area contributed by atoms with Gasteiger partial charge in [-0.05, 0) is 64.7 Å². The van der Waals surface area contributed by atoms with Crippen LogP contribution in [0.4, 0.5) is 0 Å². The summed E-state index contributed by atoms with van der Waals surface area (Å²) in [4.78, 5) is 10.5. The SMILES string of the molecule is c1ccc2cc(-c3nc4ccccc4nc3-c3ccc(-n4c5ccc6c(c7cccc8c9ccccc9n6c87)c5c5ccc6ccccc6c54)cc3)ccc2c1. The lowest BCUT2D eigenvalue weighted by Crippen LogP contribution is -1.97. The Balaban J connectivity index is 1.08. The van der Waals surface area contributed by atoms with Gasteiger partial charge in [0.05, 0.1) is 50.0 Å². The van der Waals surface area contributed by atoms with E-state index in [1.165, 1.54) is 81.4 Å². The number of fused-ring (bicyclic) bond motifs is 14. The maximum atomic E-state index is 5.26. The molecule has 4 nitrogen and oxygen atoms in total. The summed E-state index contributed by atoms with van der Waals surface area (Å²) in [6.45, 7) is 0. The fourth-order valence-corrected chi connectivity index (χ4v) is 9.56. The molecule has 13 rings (SSSR count). The maximum absolute atomic E-state index is 5.26. The van der Waals surface area contributed by atoms with Crippen LogP contribution in [-0.2, 0) is 0 Å². The largest absolute Gasteiger partial charge is 0.309 e. The summed E-state index contributed by atoms with van der Waals surface area (Å²) < 4.78 is 4.95. The number of benzene rings is 9. The first kappa shape index (κ1) is 29.8. The summed E-state index contributed by atoms with van der Waals surface area (Å²) in [7, 11) is 0. The van der Waals surface area contributed by atoms with Crippen LogP contribution >= 0.6 is 0 Å². The predicted octanol–water partition coefficient (Wildman–Crippen LogP) is 13.5. The van der Waals surface area contributed by atoms with Gasteiger partial charge in [-0.3, -0.25) is 0 Å². The minimum atomic E-state index is 0.873. The van der Waals surface area contributed by atoms with Crippen molar-refractivity contribution in [2.45, 2.75) is 0 Å². The molecule has 0 bridgehead atoms. The lowest BCUT2D eigenvalue weighted by molar-refractivity contribution is 1.18. The van der Waals surface area contributed by atoms with E-state index in [0.29, 0.717) is 0 Å². The van der Waals surface area contributed by atoms with Crippen molar-refractivity contribution in [3.63, 3.8) is 0 Å². The molecule has 258 valence electrons. The van der Waals surface area contributed by atoms with Crippen molar-refractivity contribution in [3.05, 3.63) is 182 Å². The highest BCUT2D eigenvalue weighted by molar-refractivity contribution is 6.34. The minimum Gasteiger partial charge on any atom is -0.309 e. The summed E-state index contributed by atoms with van der Waals surface area (Å²) in [5.74, 6) is 0. The topological polar surface area (TPSA) is 35.1 Å². The van der Waals surface area contributed by atoms with Crippen molar-refractivity contribution in [1.82, 2.24) is 18.9 Å². The molecule has 0 atom stereocenters. The number of para-hydroxylation sites is 4. The Morgan fingerprint density at radius 3 is 1.77 bits per heavy atom. The van der Waals surface area contributed by atoms with Gasteiger partial charge in [-0.15, -0.1) is 0 Å². The zero-order valence-corrected chi connectivity index (χ0v) is 30.1. The second-order valence-corrected chi connectivity index (χ2v) is 14.9. The number of nitrogens with zero attached hydrogens (tertiary/aromatic N) is 4. The van der Waals surface area contributed by atoms with Crippen LogP contribution in [0.2, 0.25) is 0 Å². The normalized spacial score (nSPS) is 12.3. The van der Waals surface area contributed by atoms with Gasteiger partial charge in [0.15, 0.2) is 0 Å². The minimum absolute atomic E-state index is 0.873. The molecule has 13 aromatic rings. The Hall–Kier alpha value is -7.56. The lowest BCUT2D eigenvalue weighted by atomic mass is 10.0. The van der Waals surface area contributed by atoms with E-state index in [4.69, 9.17) is 9.97 Å². The molecule has 4 heteroatoms. The van der Waals surface area contributed by atoms with Crippen LogP contribution in [0.1, 0.15) is 0 Å². The molecule has 0 aliphatic carbocycles. The van der Waals surface area contributed by atoms with E-state index >= 15 is 0 Å². The molecule has 0 aliphatic rings. The molecule has 4 aromatic heterocycles. The van der Waals surface area contributed by atoms with Crippen LogP contribution in [-0.4, -0.2) is 18.9 Å². The Morgan fingerprint density at radius 2 is 0.929 bits per heavy atom. The molecule has 0 fully saturated rings. The van der Waals surface area contributed by atoms with Crippen molar-refractivity contribution in [2.75, 3.05) is 0 Å². The first-order chi connectivity index (χ1) is 27.8. The van der Waals surface area contributed by atoms with E-state index in [-0.39, 0.29) is 0 Å². The molecule has 0 spiro atoms. The third kappa shape index (κ3) is 3.97. The summed E-state index contributed by atoms with van der Waals surface area (Å²) >= 11 is 0. The van der Waals surface area contributed by atoms with Gasteiger partial charge < -0.3 is 8.97 Å². The maximum Gasteiger partial charge on any atom is 0.0973 e.